The maximum atomic E-state index is 11.9. The van der Waals surface area contributed by atoms with Crippen molar-refractivity contribution in [3.8, 4) is 0 Å². The average Bonchev–Trinajstić information content (AvgIpc) is 2.86. The minimum Gasteiger partial charge on any atom is -0.345 e. The molecule has 9 heteroatoms. The molecule has 2 N–H and O–H groups in total. The molecule has 0 atom stereocenters. The van der Waals surface area contributed by atoms with E-state index in [9.17, 15) is 19.2 Å². The fourth-order valence-corrected chi connectivity index (χ4v) is 2.79. The van der Waals surface area contributed by atoms with Crippen molar-refractivity contribution in [3.05, 3.63) is 29.8 Å². The average molecular weight is 350 g/mol. The predicted molar refractivity (Wildman–Crippen MR) is 91.0 cm³/mol. The number of carbonyl (C=O) groups is 4. The molecule has 8 nitrogen and oxygen atoms in total. The van der Waals surface area contributed by atoms with Crippen molar-refractivity contribution in [2.75, 3.05) is 38.3 Å². The molecule has 0 unspecified atom stereocenters. The van der Waals surface area contributed by atoms with Gasteiger partial charge in [-0.2, -0.15) is 0 Å². The molecule has 24 heavy (non-hydrogen) atoms. The summed E-state index contributed by atoms with van der Waals surface area (Å²) in [5, 5.41) is 4.89. The molecule has 0 saturated carbocycles. The van der Waals surface area contributed by atoms with Crippen molar-refractivity contribution < 1.29 is 19.2 Å². The van der Waals surface area contributed by atoms with E-state index < -0.39 is 6.03 Å². The van der Waals surface area contributed by atoms with Gasteiger partial charge in [0.2, 0.25) is 5.91 Å². The van der Waals surface area contributed by atoms with Gasteiger partial charge in [0.1, 0.15) is 0 Å². The largest absolute Gasteiger partial charge is 0.345 e. The summed E-state index contributed by atoms with van der Waals surface area (Å²) >= 11 is 0.955. The third-order valence-electron chi connectivity index (χ3n) is 3.24. The Morgan fingerprint density at radius 3 is 2.67 bits per heavy atom. The SMILES string of the molecule is CN(C)C(=O)c1cccc(NC(=O)NCCN2C(=O)CSC2=O)c1. The number of carbonyl (C=O) groups excluding carboxylic acids is 4. The molecule has 5 amide bonds. The second-order valence-corrected chi connectivity index (χ2v) is 6.19. The monoisotopic (exact) mass is 350 g/mol. The van der Waals surface area contributed by atoms with Gasteiger partial charge in [0.15, 0.2) is 0 Å². The molecule has 128 valence electrons. The van der Waals surface area contributed by atoms with Gasteiger partial charge in [-0.3, -0.25) is 19.3 Å². The number of thioether (sulfide) groups is 1. The Bertz CT molecular complexity index is 661. The maximum Gasteiger partial charge on any atom is 0.319 e. The predicted octanol–water partition coefficient (Wildman–Crippen LogP) is 1.21. The Labute approximate surface area is 143 Å². The number of urea groups is 1. The van der Waals surface area contributed by atoms with Crippen LogP contribution in [0.2, 0.25) is 0 Å². The number of imide groups is 1. The number of rotatable bonds is 5. The molecule has 1 aliphatic rings. The van der Waals surface area contributed by atoms with E-state index >= 15 is 0 Å². The molecular formula is C15H18N4O4S. The highest BCUT2D eigenvalue weighted by Gasteiger charge is 2.29. The van der Waals surface area contributed by atoms with Crippen LogP contribution in [0.25, 0.3) is 0 Å². The summed E-state index contributed by atoms with van der Waals surface area (Å²) < 4.78 is 0. The van der Waals surface area contributed by atoms with Crippen molar-refractivity contribution in [3.63, 3.8) is 0 Å². The highest BCUT2D eigenvalue weighted by Crippen LogP contribution is 2.17. The zero-order valence-corrected chi connectivity index (χ0v) is 14.2. The zero-order valence-electron chi connectivity index (χ0n) is 13.4. The van der Waals surface area contributed by atoms with Crippen LogP contribution in [0.4, 0.5) is 15.3 Å². The number of amides is 5. The van der Waals surface area contributed by atoms with Crippen molar-refractivity contribution in [2.24, 2.45) is 0 Å². The fourth-order valence-electron chi connectivity index (χ4n) is 2.04. The van der Waals surface area contributed by atoms with Gasteiger partial charge in [0, 0.05) is 38.4 Å². The van der Waals surface area contributed by atoms with Crippen LogP contribution in [0.1, 0.15) is 10.4 Å². The smallest absolute Gasteiger partial charge is 0.319 e. The van der Waals surface area contributed by atoms with Crippen LogP contribution in [0.5, 0.6) is 0 Å². The summed E-state index contributed by atoms with van der Waals surface area (Å²) in [6, 6.07) is 6.09. The lowest BCUT2D eigenvalue weighted by Gasteiger charge is -2.14. The number of hydrogen-bond acceptors (Lipinski definition) is 5. The van der Waals surface area contributed by atoms with Gasteiger partial charge >= 0.3 is 6.03 Å². The molecule has 1 aliphatic heterocycles. The quantitative estimate of drug-likeness (QED) is 0.831. The topological polar surface area (TPSA) is 98.8 Å². The summed E-state index contributed by atoms with van der Waals surface area (Å²) in [6.07, 6.45) is 0. The lowest BCUT2D eigenvalue weighted by molar-refractivity contribution is -0.124. The Balaban J connectivity index is 1.84. The van der Waals surface area contributed by atoms with Crippen LogP contribution in [0.15, 0.2) is 24.3 Å². The molecule has 1 heterocycles. The molecular weight excluding hydrogens is 332 g/mol. The molecule has 1 aromatic rings. The lowest BCUT2D eigenvalue weighted by atomic mass is 10.2. The first-order valence-corrected chi connectivity index (χ1v) is 8.20. The van der Waals surface area contributed by atoms with Crippen LogP contribution < -0.4 is 10.6 Å². The normalized spacial score (nSPS) is 13.8. The maximum absolute atomic E-state index is 11.9. The highest BCUT2D eigenvalue weighted by molar-refractivity contribution is 8.14. The summed E-state index contributed by atoms with van der Waals surface area (Å²) in [7, 11) is 3.29. The van der Waals surface area contributed by atoms with Gasteiger partial charge in [-0.15, -0.1) is 0 Å². The fraction of sp³-hybridized carbons (Fsp3) is 0.333. The van der Waals surface area contributed by atoms with Crippen molar-refractivity contribution in [2.45, 2.75) is 0 Å². The number of nitrogens with zero attached hydrogens (tertiary/aromatic N) is 2. The van der Waals surface area contributed by atoms with E-state index in [0.717, 1.165) is 16.7 Å². The molecule has 1 saturated heterocycles. The van der Waals surface area contributed by atoms with Gasteiger partial charge < -0.3 is 15.5 Å². The van der Waals surface area contributed by atoms with Crippen LogP contribution in [-0.4, -0.2) is 65.8 Å². The summed E-state index contributed by atoms with van der Waals surface area (Å²) in [5.74, 6) is -0.262. The molecule has 1 fully saturated rings. The highest BCUT2D eigenvalue weighted by atomic mass is 32.2. The third kappa shape index (κ3) is 4.48. The zero-order chi connectivity index (χ0) is 17.7. The van der Waals surface area contributed by atoms with Crippen LogP contribution >= 0.6 is 11.8 Å². The number of nitrogens with one attached hydrogen (secondary N) is 2. The first-order chi connectivity index (χ1) is 11.4. The van der Waals surface area contributed by atoms with Crippen molar-refractivity contribution in [1.29, 1.82) is 0 Å². The molecule has 0 bridgehead atoms. The minimum absolute atomic E-state index is 0.136. The van der Waals surface area contributed by atoms with Crippen LogP contribution in [0, 0.1) is 0 Å². The Morgan fingerprint density at radius 2 is 2.04 bits per heavy atom. The first-order valence-electron chi connectivity index (χ1n) is 7.22. The Kier molecular flexibility index (Phi) is 5.80. The Hall–Kier alpha value is -2.55. The molecule has 0 aromatic heterocycles. The van der Waals surface area contributed by atoms with E-state index in [2.05, 4.69) is 10.6 Å². The third-order valence-corrected chi connectivity index (χ3v) is 4.09. The van der Waals surface area contributed by atoms with E-state index in [1.165, 1.54) is 4.90 Å². The standard InChI is InChI=1S/C15H18N4O4S/c1-18(2)13(21)10-4-3-5-11(8-10)17-14(22)16-6-7-19-12(20)9-24-15(19)23/h3-5,8H,6-7,9H2,1-2H3,(H2,16,17,22). The van der Waals surface area contributed by atoms with E-state index in [0.29, 0.717) is 11.3 Å². The molecule has 0 radical (unpaired) electrons. The minimum atomic E-state index is -0.476. The second kappa shape index (κ2) is 7.82. The first kappa shape index (κ1) is 17.8. The van der Waals surface area contributed by atoms with Gasteiger partial charge in [0.05, 0.1) is 5.75 Å². The summed E-state index contributed by atoms with van der Waals surface area (Å²) in [4.78, 5) is 49.1. The number of benzene rings is 1. The second-order valence-electron chi connectivity index (χ2n) is 5.26. The molecule has 1 aromatic carbocycles. The number of hydrogen-bond donors (Lipinski definition) is 2. The van der Waals surface area contributed by atoms with Gasteiger partial charge in [-0.1, -0.05) is 17.8 Å². The Morgan fingerprint density at radius 1 is 1.29 bits per heavy atom. The van der Waals surface area contributed by atoms with Gasteiger partial charge in [0.25, 0.3) is 11.1 Å². The van der Waals surface area contributed by atoms with E-state index in [-0.39, 0.29) is 35.9 Å². The van der Waals surface area contributed by atoms with Gasteiger partial charge in [-0.05, 0) is 18.2 Å². The molecule has 0 aliphatic carbocycles. The molecule has 2 rings (SSSR count). The molecule has 0 spiro atoms. The van der Waals surface area contributed by atoms with Crippen molar-refractivity contribution in [1.82, 2.24) is 15.1 Å². The van der Waals surface area contributed by atoms with Gasteiger partial charge in [-0.25, -0.2) is 4.79 Å². The number of anilines is 1. The summed E-state index contributed by atoms with van der Waals surface area (Å²) in [5.41, 5.74) is 0.937. The van der Waals surface area contributed by atoms with Crippen LogP contribution in [-0.2, 0) is 4.79 Å². The van der Waals surface area contributed by atoms with E-state index in [1.807, 2.05) is 0 Å². The lowest BCUT2D eigenvalue weighted by Crippen LogP contribution is -2.39. The van der Waals surface area contributed by atoms with Crippen LogP contribution in [0.3, 0.4) is 0 Å². The summed E-state index contributed by atoms with van der Waals surface area (Å²) in [6.45, 7) is 0.289. The van der Waals surface area contributed by atoms with E-state index in [1.54, 1.807) is 38.4 Å². The van der Waals surface area contributed by atoms with E-state index in [4.69, 9.17) is 0 Å². The van der Waals surface area contributed by atoms with Crippen molar-refractivity contribution >= 4 is 40.5 Å².